The molecule has 1 aliphatic heterocycles. The summed E-state index contributed by atoms with van der Waals surface area (Å²) in [5.41, 5.74) is 1.10. The Kier molecular flexibility index (Phi) is 2.65. The van der Waals surface area contributed by atoms with E-state index < -0.39 is 0 Å². The molecule has 15 heavy (non-hydrogen) atoms. The van der Waals surface area contributed by atoms with Crippen LogP contribution in [0.4, 0.5) is 5.82 Å². The van der Waals surface area contributed by atoms with Crippen LogP contribution in [0.25, 0.3) is 0 Å². The van der Waals surface area contributed by atoms with Crippen LogP contribution in [0.3, 0.4) is 0 Å². The van der Waals surface area contributed by atoms with Crippen molar-refractivity contribution >= 4 is 23.3 Å². The smallest absolute Gasteiger partial charge is 0.228 e. The van der Waals surface area contributed by atoms with Crippen molar-refractivity contribution in [3.63, 3.8) is 0 Å². The Morgan fingerprint density at radius 3 is 2.80 bits per heavy atom. The highest BCUT2D eigenvalue weighted by Gasteiger charge is 2.27. The first-order valence-corrected chi connectivity index (χ1v) is 5.45. The molecule has 0 unspecified atom stereocenters. The number of halogens is 1. The standard InChI is InChI=1S/C11H13ClN2O/c1-7(2)14-10(15)6-4-8-3-5-9(12)13-11(8)14/h3,5,7H,4,6H2,1-2H3. The molecular formula is C11H13ClN2O. The largest absolute Gasteiger partial charge is 0.294 e. The second-order valence-corrected chi connectivity index (χ2v) is 4.36. The predicted molar refractivity (Wildman–Crippen MR) is 60.2 cm³/mol. The third-order valence-electron chi connectivity index (χ3n) is 2.54. The third-order valence-corrected chi connectivity index (χ3v) is 2.75. The maximum absolute atomic E-state index is 11.8. The molecule has 0 aromatic carbocycles. The van der Waals surface area contributed by atoms with Gasteiger partial charge in [0.25, 0.3) is 0 Å². The van der Waals surface area contributed by atoms with Crippen molar-refractivity contribution in [3.8, 4) is 0 Å². The molecule has 2 heterocycles. The molecular weight excluding hydrogens is 212 g/mol. The summed E-state index contributed by atoms with van der Waals surface area (Å²) in [7, 11) is 0. The first-order chi connectivity index (χ1) is 7.09. The van der Waals surface area contributed by atoms with E-state index in [1.54, 1.807) is 11.0 Å². The van der Waals surface area contributed by atoms with Crippen molar-refractivity contribution in [1.82, 2.24) is 4.98 Å². The molecule has 0 bridgehead atoms. The lowest BCUT2D eigenvalue weighted by Crippen LogP contribution is -2.41. The SMILES string of the molecule is CC(C)N1C(=O)CCc2ccc(Cl)nc21. The Morgan fingerprint density at radius 2 is 2.13 bits per heavy atom. The van der Waals surface area contributed by atoms with Crippen molar-refractivity contribution in [2.24, 2.45) is 0 Å². The number of hydrogen-bond acceptors (Lipinski definition) is 2. The lowest BCUT2D eigenvalue weighted by Gasteiger charge is -2.31. The third kappa shape index (κ3) is 1.84. The van der Waals surface area contributed by atoms with Crippen LogP contribution < -0.4 is 4.90 Å². The molecule has 2 rings (SSSR count). The molecule has 0 spiro atoms. The molecule has 0 saturated carbocycles. The molecule has 1 aromatic rings. The van der Waals surface area contributed by atoms with E-state index in [1.807, 2.05) is 19.9 Å². The number of rotatable bonds is 1. The summed E-state index contributed by atoms with van der Waals surface area (Å²) < 4.78 is 0. The minimum atomic E-state index is 0.127. The summed E-state index contributed by atoms with van der Waals surface area (Å²) in [6.45, 7) is 3.96. The molecule has 4 heteroatoms. The molecule has 1 aromatic heterocycles. The van der Waals surface area contributed by atoms with Crippen molar-refractivity contribution < 1.29 is 4.79 Å². The maximum Gasteiger partial charge on any atom is 0.228 e. The molecule has 0 aliphatic carbocycles. The van der Waals surface area contributed by atoms with Gasteiger partial charge in [-0.3, -0.25) is 9.69 Å². The zero-order valence-corrected chi connectivity index (χ0v) is 9.58. The highest BCUT2D eigenvalue weighted by atomic mass is 35.5. The van der Waals surface area contributed by atoms with Gasteiger partial charge < -0.3 is 0 Å². The van der Waals surface area contributed by atoms with Gasteiger partial charge in [-0.25, -0.2) is 4.98 Å². The summed E-state index contributed by atoms with van der Waals surface area (Å²) in [6, 6.07) is 3.85. The molecule has 0 N–H and O–H groups in total. The molecule has 3 nitrogen and oxygen atoms in total. The zero-order valence-electron chi connectivity index (χ0n) is 8.83. The molecule has 0 saturated heterocycles. The number of pyridine rings is 1. The average Bonchev–Trinajstić information content (AvgIpc) is 2.16. The van der Waals surface area contributed by atoms with Gasteiger partial charge >= 0.3 is 0 Å². The highest BCUT2D eigenvalue weighted by Crippen LogP contribution is 2.28. The van der Waals surface area contributed by atoms with E-state index in [0.717, 1.165) is 17.8 Å². The topological polar surface area (TPSA) is 33.2 Å². The van der Waals surface area contributed by atoms with Crippen LogP contribution in [-0.4, -0.2) is 16.9 Å². The normalized spacial score (nSPS) is 15.7. The lowest BCUT2D eigenvalue weighted by atomic mass is 10.0. The highest BCUT2D eigenvalue weighted by molar-refractivity contribution is 6.29. The number of aryl methyl sites for hydroxylation is 1. The number of anilines is 1. The van der Waals surface area contributed by atoms with Gasteiger partial charge in [-0.1, -0.05) is 17.7 Å². The van der Waals surface area contributed by atoms with Gasteiger partial charge in [-0.15, -0.1) is 0 Å². The molecule has 0 atom stereocenters. The van der Waals surface area contributed by atoms with Crippen LogP contribution in [0.15, 0.2) is 12.1 Å². The van der Waals surface area contributed by atoms with Crippen molar-refractivity contribution in [2.45, 2.75) is 32.7 Å². The van der Waals surface area contributed by atoms with Gasteiger partial charge in [0.1, 0.15) is 11.0 Å². The van der Waals surface area contributed by atoms with Gasteiger partial charge in [-0.05, 0) is 31.9 Å². The number of aromatic nitrogens is 1. The second kappa shape index (κ2) is 3.81. The minimum Gasteiger partial charge on any atom is -0.294 e. The fourth-order valence-electron chi connectivity index (χ4n) is 1.87. The minimum absolute atomic E-state index is 0.127. The Hall–Kier alpha value is -1.09. The van der Waals surface area contributed by atoms with E-state index in [0.29, 0.717) is 11.6 Å². The first-order valence-electron chi connectivity index (χ1n) is 5.07. The number of carbonyl (C=O) groups is 1. The van der Waals surface area contributed by atoms with E-state index in [-0.39, 0.29) is 11.9 Å². The summed E-state index contributed by atoms with van der Waals surface area (Å²) in [5, 5.41) is 0.439. The lowest BCUT2D eigenvalue weighted by molar-refractivity contribution is -0.119. The van der Waals surface area contributed by atoms with Crippen LogP contribution in [0.2, 0.25) is 5.15 Å². The average molecular weight is 225 g/mol. The summed E-state index contributed by atoms with van der Waals surface area (Å²) >= 11 is 5.85. The van der Waals surface area contributed by atoms with E-state index in [9.17, 15) is 4.79 Å². The second-order valence-electron chi connectivity index (χ2n) is 3.97. The predicted octanol–water partition coefficient (Wildman–Crippen LogP) is 2.42. The number of carbonyl (C=O) groups excluding carboxylic acids is 1. The number of nitrogens with zero attached hydrogens (tertiary/aromatic N) is 2. The maximum atomic E-state index is 11.8. The number of amides is 1. The fraction of sp³-hybridized carbons (Fsp3) is 0.455. The fourth-order valence-corrected chi connectivity index (χ4v) is 2.01. The van der Waals surface area contributed by atoms with Gasteiger partial charge in [0.2, 0.25) is 5.91 Å². The van der Waals surface area contributed by atoms with Crippen LogP contribution in [0.1, 0.15) is 25.8 Å². The molecule has 0 radical (unpaired) electrons. The van der Waals surface area contributed by atoms with Gasteiger partial charge in [-0.2, -0.15) is 0 Å². The quantitative estimate of drug-likeness (QED) is 0.687. The van der Waals surface area contributed by atoms with Crippen molar-refractivity contribution in [3.05, 3.63) is 22.8 Å². The summed E-state index contributed by atoms with van der Waals surface area (Å²) in [6.07, 6.45) is 1.33. The number of hydrogen-bond donors (Lipinski definition) is 0. The summed E-state index contributed by atoms with van der Waals surface area (Å²) in [5.74, 6) is 0.862. The first kappa shape index (κ1) is 10.4. The molecule has 80 valence electrons. The Bertz CT molecular complexity index is 404. The number of fused-ring (bicyclic) bond motifs is 1. The monoisotopic (exact) mass is 224 g/mol. The van der Waals surface area contributed by atoms with E-state index in [2.05, 4.69) is 4.98 Å². The Balaban J connectivity index is 2.50. The van der Waals surface area contributed by atoms with Gasteiger partial charge in [0.15, 0.2) is 0 Å². The van der Waals surface area contributed by atoms with Crippen LogP contribution in [-0.2, 0) is 11.2 Å². The van der Waals surface area contributed by atoms with E-state index in [4.69, 9.17) is 11.6 Å². The van der Waals surface area contributed by atoms with E-state index >= 15 is 0 Å². The molecule has 1 aliphatic rings. The van der Waals surface area contributed by atoms with Crippen LogP contribution >= 0.6 is 11.6 Å². The van der Waals surface area contributed by atoms with Crippen molar-refractivity contribution in [1.29, 1.82) is 0 Å². The van der Waals surface area contributed by atoms with Gasteiger partial charge in [0.05, 0.1) is 0 Å². The summed E-state index contributed by atoms with van der Waals surface area (Å²) in [4.78, 5) is 17.7. The zero-order chi connectivity index (χ0) is 11.0. The Labute approximate surface area is 94.1 Å². The molecule has 0 fully saturated rings. The van der Waals surface area contributed by atoms with E-state index in [1.165, 1.54) is 0 Å². The van der Waals surface area contributed by atoms with Gasteiger partial charge in [0, 0.05) is 12.5 Å². The van der Waals surface area contributed by atoms with Crippen molar-refractivity contribution in [2.75, 3.05) is 4.90 Å². The van der Waals surface area contributed by atoms with Crippen LogP contribution in [0.5, 0.6) is 0 Å². The molecule has 1 amide bonds. The van der Waals surface area contributed by atoms with Crippen LogP contribution in [0, 0.1) is 0 Å². The Morgan fingerprint density at radius 1 is 1.40 bits per heavy atom.